The number of H-pyrrole nitrogens is 1. The van der Waals surface area contributed by atoms with E-state index in [4.69, 9.17) is 23.4 Å². The van der Waals surface area contributed by atoms with Crippen LogP contribution in [0.1, 0.15) is 50.1 Å². The van der Waals surface area contributed by atoms with Crippen molar-refractivity contribution in [1.29, 1.82) is 0 Å². The number of benzene rings is 3. The Morgan fingerprint density at radius 3 is 1.88 bits per heavy atom. The second-order valence-electron chi connectivity index (χ2n) is 14.0. The Labute approximate surface area is 292 Å². The van der Waals surface area contributed by atoms with Crippen molar-refractivity contribution >= 4 is 14.3 Å². The lowest BCUT2D eigenvalue weighted by molar-refractivity contribution is -0.139. The first-order chi connectivity index (χ1) is 23.7. The highest BCUT2D eigenvalue weighted by Gasteiger charge is 2.52. The highest BCUT2D eigenvalue weighted by Crippen LogP contribution is 2.47. The molecule has 11 nitrogen and oxygen atoms in total. The minimum atomic E-state index is -2.55. The molecule has 1 fully saturated rings. The van der Waals surface area contributed by atoms with Crippen LogP contribution in [-0.4, -0.2) is 62.0 Å². The summed E-state index contributed by atoms with van der Waals surface area (Å²) in [6.07, 6.45) is -1.64. The zero-order valence-electron chi connectivity index (χ0n) is 29.5. The van der Waals surface area contributed by atoms with Crippen molar-refractivity contribution in [3.05, 3.63) is 129 Å². The van der Waals surface area contributed by atoms with Crippen molar-refractivity contribution in [2.45, 2.75) is 69.4 Å². The Hall–Kier alpha value is -4.49. The summed E-state index contributed by atoms with van der Waals surface area (Å²) in [4.78, 5) is 39.7. The lowest BCUT2D eigenvalue weighted by Crippen LogP contribution is -2.49. The highest BCUT2D eigenvalue weighted by atomic mass is 28.4. The summed E-state index contributed by atoms with van der Waals surface area (Å²) in [5, 5.41) is 9.89. The van der Waals surface area contributed by atoms with Crippen LogP contribution in [0.2, 0.25) is 18.1 Å². The molecule has 2 heterocycles. The molecule has 266 valence electrons. The Morgan fingerprint density at radius 2 is 1.40 bits per heavy atom. The van der Waals surface area contributed by atoms with Gasteiger partial charge in [0.15, 0.2) is 8.32 Å². The van der Waals surface area contributed by atoms with Gasteiger partial charge in [-0.2, -0.15) is 0 Å². The van der Waals surface area contributed by atoms with Crippen molar-refractivity contribution in [3.63, 3.8) is 0 Å². The largest absolute Gasteiger partial charge is 0.497 e. The van der Waals surface area contributed by atoms with Gasteiger partial charge < -0.3 is 28.5 Å². The Morgan fingerprint density at radius 1 is 0.860 bits per heavy atom. The fourth-order valence-electron chi connectivity index (χ4n) is 6.21. The van der Waals surface area contributed by atoms with Crippen molar-refractivity contribution in [3.8, 4) is 11.5 Å². The number of hydrogen-bond acceptors (Lipinski definition) is 8. The van der Waals surface area contributed by atoms with Crippen LogP contribution in [-0.2, 0) is 24.3 Å². The molecule has 4 atom stereocenters. The van der Waals surface area contributed by atoms with E-state index in [1.54, 1.807) is 14.2 Å². The van der Waals surface area contributed by atoms with Crippen LogP contribution in [0.15, 0.2) is 101 Å². The molecular weight excluding hydrogens is 657 g/mol. The predicted molar refractivity (Wildman–Crippen MR) is 191 cm³/mol. The third-order valence-corrected chi connectivity index (χ3v) is 14.4. The standard InChI is InChI=1S/C38H46N2O9Si/c1-37(2,3)50(6,7)49-34-30(23-33(42)43)35(40-22-21-32(41)39-36(40)44)48-31(34)24-47-38(25-11-9-8-10-12-25,26-13-17-28(45-4)18-14-26)27-15-19-29(46-5)20-16-27/h8-22,30-31,34-35H,23-24H2,1-7H3,(H,42,43)(H,39,41,44)/t30-,31-,34+,35-/m1/s1. The molecule has 4 aromatic rings. The number of aromatic nitrogens is 2. The molecule has 50 heavy (non-hydrogen) atoms. The second kappa shape index (κ2) is 14.8. The number of hydrogen-bond donors (Lipinski definition) is 2. The molecule has 1 saturated heterocycles. The van der Waals surface area contributed by atoms with Crippen molar-refractivity contribution in [2.24, 2.45) is 5.92 Å². The predicted octanol–water partition coefficient (Wildman–Crippen LogP) is 5.94. The third kappa shape index (κ3) is 7.48. The summed E-state index contributed by atoms with van der Waals surface area (Å²) in [5.74, 6) is -0.496. The smallest absolute Gasteiger partial charge is 0.330 e. The first kappa shape index (κ1) is 36.8. The second-order valence-corrected chi connectivity index (χ2v) is 18.8. The maximum absolute atomic E-state index is 13.1. The van der Waals surface area contributed by atoms with Gasteiger partial charge in [0.05, 0.1) is 33.4 Å². The Bertz CT molecular complexity index is 1820. The summed E-state index contributed by atoms with van der Waals surface area (Å²) in [6, 6.07) is 26.3. The molecule has 0 unspecified atom stereocenters. The lowest BCUT2D eigenvalue weighted by atomic mass is 9.80. The number of carboxylic acids is 1. The van der Waals surface area contributed by atoms with Crippen LogP contribution in [0.5, 0.6) is 11.5 Å². The fourth-order valence-corrected chi connectivity index (χ4v) is 7.57. The number of ether oxygens (including phenoxy) is 4. The Balaban J connectivity index is 1.67. The number of aromatic amines is 1. The molecule has 1 aliphatic heterocycles. The normalized spacial score (nSPS) is 19.7. The van der Waals surface area contributed by atoms with Crippen LogP contribution in [0, 0.1) is 5.92 Å². The van der Waals surface area contributed by atoms with E-state index < -0.39 is 55.5 Å². The number of nitrogens with one attached hydrogen (secondary N) is 1. The highest BCUT2D eigenvalue weighted by molar-refractivity contribution is 6.74. The molecule has 1 aromatic heterocycles. The quantitative estimate of drug-likeness (QED) is 0.128. The summed E-state index contributed by atoms with van der Waals surface area (Å²) < 4.78 is 33.0. The maximum Gasteiger partial charge on any atom is 0.330 e. The average molecular weight is 703 g/mol. The SMILES string of the molecule is COc1ccc(C(OC[C@H]2O[C@@H](n3ccc(=O)[nH]c3=O)[C@H](CC(=O)O)[C@@H]2O[Si](C)(C)C(C)(C)C)(c2ccccc2)c2ccc(OC)cc2)cc1. The van der Waals surface area contributed by atoms with Gasteiger partial charge >= 0.3 is 11.7 Å². The third-order valence-electron chi connectivity index (χ3n) is 9.88. The molecule has 1 aliphatic rings. The topological polar surface area (TPSA) is 138 Å². The van der Waals surface area contributed by atoms with Gasteiger partial charge in [-0.3, -0.25) is 19.1 Å². The molecule has 0 aliphatic carbocycles. The van der Waals surface area contributed by atoms with Crippen LogP contribution < -0.4 is 20.7 Å². The van der Waals surface area contributed by atoms with Gasteiger partial charge in [-0.1, -0.05) is 75.4 Å². The van der Waals surface area contributed by atoms with Gasteiger partial charge in [0.1, 0.15) is 29.4 Å². The Kier molecular flexibility index (Phi) is 10.9. The molecular formula is C38H46N2O9Si. The van der Waals surface area contributed by atoms with Crippen LogP contribution >= 0.6 is 0 Å². The van der Waals surface area contributed by atoms with E-state index in [0.717, 1.165) is 16.7 Å². The van der Waals surface area contributed by atoms with E-state index in [2.05, 4.69) is 38.8 Å². The monoisotopic (exact) mass is 702 g/mol. The number of rotatable bonds is 13. The van der Waals surface area contributed by atoms with E-state index in [1.165, 1.54) is 16.8 Å². The number of aliphatic carboxylic acids is 1. The molecule has 12 heteroatoms. The van der Waals surface area contributed by atoms with Crippen LogP contribution in [0.4, 0.5) is 0 Å². The van der Waals surface area contributed by atoms with E-state index in [0.29, 0.717) is 11.5 Å². The summed E-state index contributed by atoms with van der Waals surface area (Å²) in [6.45, 7) is 10.4. The molecule has 2 N–H and O–H groups in total. The number of carboxylic acid groups (broad SMARTS) is 1. The van der Waals surface area contributed by atoms with Crippen LogP contribution in [0.3, 0.4) is 0 Å². The molecule has 0 saturated carbocycles. The van der Waals surface area contributed by atoms with Gasteiger partial charge in [-0.25, -0.2) is 4.79 Å². The number of methoxy groups -OCH3 is 2. The zero-order chi connectivity index (χ0) is 36.3. The van der Waals surface area contributed by atoms with Crippen molar-refractivity contribution < 1.29 is 33.3 Å². The molecule has 5 rings (SSSR count). The van der Waals surface area contributed by atoms with E-state index >= 15 is 0 Å². The first-order valence-corrected chi connectivity index (χ1v) is 19.5. The molecule has 0 radical (unpaired) electrons. The number of carbonyl (C=O) groups is 1. The molecule has 0 amide bonds. The maximum atomic E-state index is 13.1. The molecule has 0 spiro atoms. The van der Waals surface area contributed by atoms with Gasteiger partial charge in [-0.15, -0.1) is 0 Å². The summed E-state index contributed by atoms with van der Waals surface area (Å²) in [7, 11) is 0.669. The van der Waals surface area contributed by atoms with Crippen LogP contribution in [0.25, 0.3) is 0 Å². The minimum Gasteiger partial charge on any atom is -0.497 e. The fraction of sp³-hybridized carbons (Fsp3) is 0.395. The zero-order valence-corrected chi connectivity index (χ0v) is 30.5. The first-order valence-electron chi connectivity index (χ1n) is 16.6. The summed E-state index contributed by atoms with van der Waals surface area (Å²) in [5.41, 5.74) is 0.000788. The van der Waals surface area contributed by atoms with Crippen molar-refractivity contribution in [2.75, 3.05) is 20.8 Å². The summed E-state index contributed by atoms with van der Waals surface area (Å²) >= 11 is 0. The van der Waals surface area contributed by atoms with Gasteiger partial charge in [0.2, 0.25) is 0 Å². The van der Waals surface area contributed by atoms with Gasteiger partial charge in [0.25, 0.3) is 5.56 Å². The number of nitrogens with zero attached hydrogens (tertiary/aromatic N) is 1. The molecule has 3 aromatic carbocycles. The molecule has 0 bridgehead atoms. The van der Waals surface area contributed by atoms with E-state index in [9.17, 15) is 19.5 Å². The van der Waals surface area contributed by atoms with E-state index in [1.807, 2.05) is 78.9 Å². The van der Waals surface area contributed by atoms with E-state index in [-0.39, 0.29) is 18.1 Å². The van der Waals surface area contributed by atoms with Gasteiger partial charge in [0, 0.05) is 18.2 Å². The van der Waals surface area contributed by atoms with Gasteiger partial charge in [-0.05, 0) is 59.1 Å². The lowest BCUT2D eigenvalue weighted by Gasteiger charge is -2.41. The minimum absolute atomic E-state index is 0.0447. The average Bonchev–Trinajstić information content (AvgIpc) is 3.40. The van der Waals surface area contributed by atoms with Crippen molar-refractivity contribution in [1.82, 2.24) is 9.55 Å².